The molecule has 0 aromatic heterocycles. The average molecular weight is 291 g/mol. The molecule has 0 unspecified atom stereocenters. The highest BCUT2D eigenvalue weighted by molar-refractivity contribution is 7.89. The zero-order chi connectivity index (χ0) is 14.8. The van der Waals surface area contributed by atoms with Crippen LogP contribution in [0.25, 0.3) is 0 Å². The van der Waals surface area contributed by atoms with Gasteiger partial charge in [-0.1, -0.05) is 0 Å². The molecule has 0 fully saturated rings. The Morgan fingerprint density at radius 2 is 1.95 bits per heavy atom. The summed E-state index contributed by atoms with van der Waals surface area (Å²) in [5, 5.41) is 13.1. The monoisotopic (exact) mass is 291 g/mol. The minimum atomic E-state index is -4.09. The van der Waals surface area contributed by atoms with Crippen molar-refractivity contribution in [3.8, 4) is 0 Å². The van der Waals surface area contributed by atoms with E-state index in [4.69, 9.17) is 0 Å². The third kappa shape index (κ3) is 3.38. The summed E-state index contributed by atoms with van der Waals surface area (Å²) >= 11 is 0. The van der Waals surface area contributed by atoms with Crippen LogP contribution in [0.5, 0.6) is 0 Å². The zero-order valence-electron chi connectivity index (χ0n) is 10.6. The van der Waals surface area contributed by atoms with Crippen LogP contribution in [0.3, 0.4) is 0 Å². The number of nitro groups is 1. The van der Waals surface area contributed by atoms with E-state index in [1.54, 1.807) is 13.8 Å². The van der Waals surface area contributed by atoms with Crippen molar-refractivity contribution in [3.05, 3.63) is 28.1 Å². The smallest absolute Gasteiger partial charge is 0.274 e. The molecule has 7 nitrogen and oxygen atoms in total. The van der Waals surface area contributed by atoms with Gasteiger partial charge in [-0.25, -0.2) is 17.5 Å². The van der Waals surface area contributed by atoms with E-state index >= 15 is 0 Å². The van der Waals surface area contributed by atoms with Gasteiger partial charge in [0, 0.05) is 19.2 Å². The molecule has 9 heteroatoms. The summed E-state index contributed by atoms with van der Waals surface area (Å²) in [6.07, 6.45) is 0. The van der Waals surface area contributed by atoms with Crippen molar-refractivity contribution >= 4 is 21.4 Å². The number of halogens is 1. The molecule has 0 aliphatic carbocycles. The van der Waals surface area contributed by atoms with Crippen LogP contribution in [0.2, 0.25) is 0 Å². The maximum Gasteiger partial charge on any atom is 0.274 e. The Morgan fingerprint density at radius 3 is 2.37 bits per heavy atom. The molecule has 0 heterocycles. The van der Waals surface area contributed by atoms with Crippen LogP contribution in [-0.2, 0) is 10.0 Å². The Labute approximate surface area is 110 Å². The van der Waals surface area contributed by atoms with Crippen LogP contribution < -0.4 is 10.0 Å². The van der Waals surface area contributed by atoms with Crippen molar-refractivity contribution < 1.29 is 17.7 Å². The standard InChI is InChI=1S/C10H14FN3O4S/c1-6(2)13-19(17,18)10-8(11)4-7(14(15)16)5-9(10)12-3/h4-6,12-13H,1-3H3. The molecular formula is C10H14FN3O4S. The molecule has 19 heavy (non-hydrogen) atoms. The number of nitrogens with zero attached hydrogens (tertiary/aromatic N) is 1. The number of rotatable bonds is 5. The summed E-state index contributed by atoms with van der Waals surface area (Å²) < 4.78 is 40.0. The van der Waals surface area contributed by atoms with E-state index in [-0.39, 0.29) is 5.69 Å². The number of non-ortho nitro benzene ring substituents is 1. The minimum Gasteiger partial charge on any atom is -0.387 e. The molecule has 0 spiro atoms. The van der Waals surface area contributed by atoms with Crippen LogP contribution >= 0.6 is 0 Å². The number of nitro benzene ring substituents is 1. The molecule has 1 aromatic rings. The van der Waals surface area contributed by atoms with Gasteiger partial charge in [-0.3, -0.25) is 10.1 Å². The molecule has 106 valence electrons. The van der Waals surface area contributed by atoms with Crippen molar-refractivity contribution in [2.75, 3.05) is 12.4 Å². The molecule has 0 bridgehead atoms. The molecule has 0 aliphatic rings. The van der Waals surface area contributed by atoms with E-state index < -0.39 is 37.4 Å². The Hall–Kier alpha value is -1.74. The SMILES string of the molecule is CNc1cc([N+](=O)[O-])cc(F)c1S(=O)(=O)NC(C)C. The number of hydrogen-bond donors (Lipinski definition) is 2. The van der Waals surface area contributed by atoms with E-state index in [1.165, 1.54) is 7.05 Å². The van der Waals surface area contributed by atoms with E-state index in [9.17, 15) is 22.9 Å². The summed E-state index contributed by atoms with van der Waals surface area (Å²) in [6, 6.07) is 1.12. The maximum atomic E-state index is 13.8. The maximum absolute atomic E-state index is 13.8. The first-order chi connectivity index (χ1) is 8.69. The molecule has 1 rings (SSSR count). The fraction of sp³-hybridized carbons (Fsp3) is 0.400. The molecule has 0 radical (unpaired) electrons. The lowest BCUT2D eigenvalue weighted by Crippen LogP contribution is -2.31. The zero-order valence-corrected chi connectivity index (χ0v) is 11.4. The van der Waals surface area contributed by atoms with Gasteiger partial charge in [0.2, 0.25) is 10.0 Å². The van der Waals surface area contributed by atoms with Crippen molar-refractivity contribution in [2.24, 2.45) is 0 Å². The lowest BCUT2D eigenvalue weighted by molar-refractivity contribution is -0.385. The summed E-state index contributed by atoms with van der Waals surface area (Å²) in [4.78, 5) is 9.18. The first kappa shape index (κ1) is 15.3. The van der Waals surface area contributed by atoms with Gasteiger partial charge in [-0.2, -0.15) is 0 Å². The molecule has 0 saturated carbocycles. The van der Waals surface area contributed by atoms with Gasteiger partial charge in [-0.15, -0.1) is 0 Å². The van der Waals surface area contributed by atoms with E-state index in [0.717, 1.165) is 6.07 Å². The third-order valence-electron chi connectivity index (χ3n) is 2.17. The second-order valence-electron chi connectivity index (χ2n) is 4.09. The summed E-state index contributed by atoms with van der Waals surface area (Å²) in [6.45, 7) is 3.17. The largest absolute Gasteiger partial charge is 0.387 e. The van der Waals surface area contributed by atoms with Crippen molar-refractivity contribution in [1.29, 1.82) is 0 Å². The summed E-state index contributed by atoms with van der Waals surface area (Å²) in [7, 11) is -2.73. The van der Waals surface area contributed by atoms with Crippen LogP contribution in [0.4, 0.5) is 15.8 Å². The Balaban J connectivity index is 3.48. The third-order valence-corrected chi connectivity index (χ3v) is 3.90. The summed E-state index contributed by atoms with van der Waals surface area (Å²) in [5.41, 5.74) is -0.690. The highest BCUT2D eigenvalue weighted by atomic mass is 32.2. The quantitative estimate of drug-likeness (QED) is 0.631. The topological polar surface area (TPSA) is 101 Å². The normalized spacial score (nSPS) is 11.6. The van der Waals surface area contributed by atoms with Gasteiger partial charge in [0.05, 0.1) is 16.7 Å². The molecule has 0 aliphatic heterocycles. The number of hydrogen-bond acceptors (Lipinski definition) is 5. The van der Waals surface area contributed by atoms with E-state index in [2.05, 4.69) is 10.0 Å². The van der Waals surface area contributed by atoms with Gasteiger partial charge in [-0.05, 0) is 13.8 Å². The highest BCUT2D eigenvalue weighted by Crippen LogP contribution is 2.29. The highest BCUT2D eigenvalue weighted by Gasteiger charge is 2.27. The Bertz CT molecular complexity index is 601. The fourth-order valence-corrected chi connectivity index (χ4v) is 3.02. The van der Waals surface area contributed by atoms with Crippen molar-refractivity contribution in [2.45, 2.75) is 24.8 Å². The lowest BCUT2D eigenvalue weighted by Gasteiger charge is -2.13. The second-order valence-corrected chi connectivity index (χ2v) is 5.74. The first-order valence-corrected chi connectivity index (χ1v) is 6.85. The van der Waals surface area contributed by atoms with Crippen LogP contribution in [0.15, 0.2) is 17.0 Å². The molecule has 2 N–H and O–H groups in total. The van der Waals surface area contributed by atoms with E-state index in [1.807, 2.05) is 0 Å². The molecule has 0 amide bonds. The number of nitrogens with one attached hydrogen (secondary N) is 2. The number of anilines is 1. The van der Waals surface area contributed by atoms with Crippen molar-refractivity contribution in [3.63, 3.8) is 0 Å². The van der Waals surface area contributed by atoms with Gasteiger partial charge in [0.15, 0.2) is 5.82 Å². The predicted octanol–water partition coefficient (Wildman–Crippen LogP) is 1.46. The molecule has 0 saturated heterocycles. The number of benzene rings is 1. The van der Waals surface area contributed by atoms with Gasteiger partial charge in [0.1, 0.15) is 4.90 Å². The Kier molecular flexibility index (Phi) is 4.43. The summed E-state index contributed by atoms with van der Waals surface area (Å²) in [5.74, 6) is -1.17. The van der Waals surface area contributed by atoms with Gasteiger partial charge < -0.3 is 5.32 Å². The second kappa shape index (κ2) is 5.49. The van der Waals surface area contributed by atoms with Crippen LogP contribution in [0.1, 0.15) is 13.8 Å². The molecular weight excluding hydrogens is 277 g/mol. The van der Waals surface area contributed by atoms with E-state index in [0.29, 0.717) is 6.07 Å². The van der Waals surface area contributed by atoms with Crippen LogP contribution in [0, 0.1) is 15.9 Å². The van der Waals surface area contributed by atoms with Gasteiger partial charge >= 0.3 is 0 Å². The minimum absolute atomic E-state index is 0.167. The van der Waals surface area contributed by atoms with Gasteiger partial charge in [0.25, 0.3) is 5.69 Å². The first-order valence-electron chi connectivity index (χ1n) is 5.37. The molecule has 1 aromatic carbocycles. The fourth-order valence-electron chi connectivity index (χ4n) is 1.51. The molecule has 0 atom stereocenters. The number of sulfonamides is 1. The Morgan fingerprint density at radius 1 is 1.37 bits per heavy atom. The van der Waals surface area contributed by atoms with Crippen LogP contribution in [-0.4, -0.2) is 26.4 Å². The van der Waals surface area contributed by atoms with Crippen molar-refractivity contribution in [1.82, 2.24) is 4.72 Å². The lowest BCUT2D eigenvalue weighted by atomic mass is 10.2. The average Bonchev–Trinajstić information content (AvgIpc) is 2.25. The predicted molar refractivity (Wildman–Crippen MR) is 68.1 cm³/mol.